The van der Waals surface area contributed by atoms with E-state index in [1.54, 1.807) is 24.3 Å². The van der Waals surface area contributed by atoms with Gasteiger partial charge in [0.2, 0.25) is 47.9 Å². The summed E-state index contributed by atoms with van der Waals surface area (Å²) in [4.78, 5) is 49.1. The number of sulfonamides is 3. The maximum absolute atomic E-state index is 13.6. The maximum Gasteiger partial charge on any atom is 2.00 e. The number of esters is 1. The smallest absolute Gasteiger partial charge is 1.00 e. The largest absolute Gasteiger partial charge is 2.00 e. The van der Waals surface area contributed by atoms with E-state index in [9.17, 15) is 78.7 Å². The molecular formula is C68H90Ca2Cl4F3N9NaO17S3-. The number of nitrogens with zero attached hydrogens (tertiary/aromatic N) is 9. The van der Waals surface area contributed by atoms with Gasteiger partial charge in [0, 0.05) is 67.4 Å². The Labute approximate surface area is 732 Å². The zero-order valence-corrected chi connectivity index (χ0v) is 73.7. The van der Waals surface area contributed by atoms with Gasteiger partial charge in [-0.15, -0.1) is 0 Å². The van der Waals surface area contributed by atoms with Crippen molar-refractivity contribution in [1.82, 2.24) is 29.9 Å². The molecule has 3 aromatic heterocycles. The fraction of sp³-hybridized carbons (Fsp3) is 0.426. The van der Waals surface area contributed by atoms with E-state index >= 15 is 0 Å². The van der Waals surface area contributed by atoms with Crippen molar-refractivity contribution in [1.29, 1.82) is 0 Å². The van der Waals surface area contributed by atoms with Crippen molar-refractivity contribution in [3.05, 3.63) is 149 Å². The topological polar surface area (TPSA) is 404 Å². The standard InChI is InChI=1S/C25H34FN3O6S.C22H28FN3O6S.C21H27FN3O4S.2Ca.4ClH.Na.H2O/c1-6-13-35-22(32)15-20(31)14-19(30)11-12-21-23(16(2)3)27-25(29(4)36(5,33)34)28-24(21)17-7-9-18(26)10-8-17;1-13(2)20-18(10-9-16(27)11-17(28)12-19(29)30)21(14-5-7-15(23)8-6-14)25-22(24-20)26(3)33(4,31)32;1-13(2)19-18(11-10-17(27)12-14(3)26)20(15-6-8-16(22)9-7-15)24-21(23-19)25(4)30(5,28)29;;;;;;;;/h7-12,16,19-20,30-31H,6,13-15H2,1-5H3;5-10,13,16-17,27-28H,11-12H2,1-4H3,(H,29,30);6-11,13-14,17,26-27H,3,12H2,1-2,4-5H3;;;4*1H;;1H2/q;;-1;2*+2;;;;;+1;/p-5/b12-11+;10-9+;11-10+;;;;;;;;/t19-,20-;16-,17-;14-,17+;;;;;;;;/m110......../s1. The Bertz CT molecular complexity index is 4180. The van der Waals surface area contributed by atoms with Crippen LogP contribution >= 0.6 is 0 Å². The first-order valence-corrected chi connectivity index (χ1v) is 36.8. The zero-order chi connectivity index (χ0) is 74.6. The van der Waals surface area contributed by atoms with Crippen molar-refractivity contribution in [2.24, 2.45) is 0 Å². The second-order valence-electron chi connectivity index (χ2n) is 24.2. The van der Waals surface area contributed by atoms with E-state index in [1.165, 1.54) is 106 Å². The summed E-state index contributed by atoms with van der Waals surface area (Å²) in [6.07, 6.45) is 5.42. The Morgan fingerprint density at radius 1 is 0.486 bits per heavy atom. The first-order valence-electron chi connectivity index (χ1n) is 31.2. The van der Waals surface area contributed by atoms with Gasteiger partial charge in [0.05, 0.1) is 103 Å². The molecule has 107 heavy (non-hydrogen) atoms. The van der Waals surface area contributed by atoms with E-state index in [1.807, 2.05) is 48.5 Å². The molecule has 0 spiro atoms. The van der Waals surface area contributed by atoms with Gasteiger partial charge in [-0.3, -0.25) is 9.59 Å². The first-order chi connectivity index (χ1) is 46.0. The maximum atomic E-state index is 13.6. The van der Waals surface area contributed by atoms with Crippen molar-refractivity contribution < 1.29 is 173 Å². The molecule has 0 aliphatic heterocycles. The van der Waals surface area contributed by atoms with Crippen molar-refractivity contribution in [2.45, 2.75) is 141 Å². The van der Waals surface area contributed by atoms with Gasteiger partial charge in [-0.25, -0.2) is 81.2 Å². The van der Waals surface area contributed by atoms with Crippen LogP contribution in [0.4, 0.5) is 31.0 Å². The number of ether oxygens (including phenoxy) is 1. The number of aliphatic hydroxyl groups excluding tert-OH is 6. The molecule has 39 heteroatoms. The van der Waals surface area contributed by atoms with E-state index in [4.69, 9.17) is 9.84 Å². The minimum atomic E-state index is -3.65. The van der Waals surface area contributed by atoms with Crippen molar-refractivity contribution in [3.63, 3.8) is 0 Å². The second kappa shape index (κ2) is 52.0. The summed E-state index contributed by atoms with van der Waals surface area (Å²) >= 11 is 0. The molecular weight excluding hydrogens is 1610 g/mol. The summed E-state index contributed by atoms with van der Waals surface area (Å²) < 4.78 is 121. The quantitative estimate of drug-likeness (QED) is 0.0125. The normalized spacial score (nSPS) is 12.9. The molecule has 0 saturated carbocycles. The number of halogens is 7. The number of carbonyl (C=O) groups excluding carboxylic acids is 1. The van der Waals surface area contributed by atoms with Crippen LogP contribution in [0.25, 0.3) is 52.0 Å². The number of benzene rings is 3. The number of aromatic nitrogens is 6. The number of aliphatic carboxylic acids is 1. The molecule has 0 aliphatic carbocycles. The number of rotatable bonds is 30. The molecule has 0 radical (unpaired) electrons. The fourth-order valence-corrected chi connectivity index (χ4v) is 10.3. The number of carbonyl (C=O) groups is 2. The summed E-state index contributed by atoms with van der Waals surface area (Å²) in [5, 5.41) is 68.9. The van der Waals surface area contributed by atoms with Gasteiger partial charge in [0.25, 0.3) is 0 Å². The van der Waals surface area contributed by atoms with Crippen molar-refractivity contribution in [3.8, 4) is 33.8 Å². The average molecular weight is 1700 g/mol. The molecule has 582 valence electrons. The Morgan fingerprint density at radius 3 is 0.963 bits per heavy atom. The summed E-state index contributed by atoms with van der Waals surface area (Å²) in [5.41, 5.74) is 5.81. The Hall–Kier alpha value is -3.50. The van der Waals surface area contributed by atoms with E-state index in [0.29, 0.717) is 74.0 Å². The van der Waals surface area contributed by atoms with Gasteiger partial charge < -0.3 is 103 Å². The SMILES string of the molecule is CC(C)c1nc(N(C)S(C)(=O)=O)nc(-c2ccc(F)cc2)c1/C=C/[C@@H](O)C[C@@H](O)CC(=O)O.CCCOC(=O)C[C@H](O)C[C@H](O)/C=C/c1c(-c2ccc(F)cc2)nc(N(C)S(C)(=O)=O)nc1C(C)C.[CH2-][C@H](O)C[C@H](O)/C=C/c1c(-c2ccc(F)cc2)nc(N(C)S(C)(=O)=O)nc1C(C)C.[Ca+2].[Ca+2].[Cl-].[Cl-].[Cl-].[Cl-].[Na+].[OH-]. The van der Waals surface area contributed by atoms with Gasteiger partial charge in [-0.1, -0.05) is 91.0 Å². The van der Waals surface area contributed by atoms with Gasteiger partial charge in [-0.2, -0.15) is 0 Å². The van der Waals surface area contributed by atoms with Gasteiger partial charge in [0.15, 0.2) is 0 Å². The molecule has 0 fully saturated rings. The van der Waals surface area contributed by atoms with Gasteiger partial charge >= 0.3 is 117 Å². The Kier molecular flexibility index (Phi) is 54.5. The Morgan fingerprint density at radius 2 is 0.738 bits per heavy atom. The predicted octanol–water partition coefficient (Wildman–Crippen LogP) is -7.49. The zero-order valence-electron chi connectivity index (χ0n) is 61.8. The molecule has 0 saturated heterocycles. The third-order valence-electron chi connectivity index (χ3n) is 14.5. The fourth-order valence-electron chi connectivity index (χ4n) is 9.12. The molecule has 3 heterocycles. The predicted molar refractivity (Wildman–Crippen MR) is 388 cm³/mol. The molecule has 6 aromatic rings. The summed E-state index contributed by atoms with van der Waals surface area (Å²) in [6.45, 7) is 16.8. The molecule has 26 nitrogen and oxygen atoms in total. The van der Waals surface area contributed by atoms with Crippen LogP contribution in [0.2, 0.25) is 0 Å². The van der Waals surface area contributed by atoms with Crippen LogP contribution in [0.15, 0.2) is 91.0 Å². The molecule has 0 aliphatic rings. The van der Waals surface area contributed by atoms with Gasteiger partial charge in [0.1, 0.15) is 17.5 Å². The molecule has 0 unspecified atom stereocenters. The first kappa shape index (κ1) is 112. The van der Waals surface area contributed by atoms with Crippen LogP contribution in [0.1, 0.15) is 139 Å². The van der Waals surface area contributed by atoms with Crippen LogP contribution < -0.4 is 92.1 Å². The van der Waals surface area contributed by atoms with Crippen LogP contribution in [0.3, 0.4) is 0 Å². The number of carboxylic acids is 1. The molecule has 3 aromatic carbocycles. The second-order valence-corrected chi connectivity index (χ2v) is 30.2. The number of hydrogen-bond acceptors (Lipinski definition) is 22. The number of carboxylic acid groups (broad SMARTS) is 1. The van der Waals surface area contributed by atoms with Crippen LogP contribution in [-0.2, 0) is 44.4 Å². The van der Waals surface area contributed by atoms with Crippen LogP contribution in [0, 0.1) is 24.4 Å². The number of anilines is 3. The minimum Gasteiger partial charge on any atom is -1.00 e. The van der Waals surface area contributed by atoms with Crippen LogP contribution in [0.5, 0.6) is 0 Å². The number of aliphatic hydroxyl groups is 6. The van der Waals surface area contributed by atoms with Gasteiger partial charge in [-0.05, 0) is 103 Å². The Balaban J connectivity index is -0.000000470. The molecule has 0 bridgehead atoms. The van der Waals surface area contributed by atoms with Crippen molar-refractivity contribution in [2.75, 3.05) is 59.4 Å². The van der Waals surface area contributed by atoms with E-state index in [-0.39, 0.29) is 228 Å². The third-order valence-corrected chi connectivity index (χ3v) is 18.0. The third kappa shape index (κ3) is 36.9. The van der Waals surface area contributed by atoms with E-state index < -0.39 is 103 Å². The van der Waals surface area contributed by atoms with E-state index in [0.717, 1.165) is 31.7 Å². The van der Waals surface area contributed by atoms with Crippen molar-refractivity contribution >= 4 is 154 Å². The summed E-state index contributed by atoms with van der Waals surface area (Å²) in [7, 11) is -6.87. The monoisotopic (exact) mass is 1700 g/mol. The molecule has 8 N–H and O–H groups in total. The average Bonchev–Trinajstić information content (AvgIpc) is 0.794. The van der Waals surface area contributed by atoms with Crippen LogP contribution in [-0.4, -0.2) is 267 Å². The minimum absolute atomic E-state index is 0. The molecule has 6 rings (SSSR count). The molecule has 0 amide bonds. The summed E-state index contributed by atoms with van der Waals surface area (Å²) in [6, 6.07) is 16.7. The van der Waals surface area contributed by atoms with E-state index in [2.05, 4.69) is 36.8 Å². The number of hydrogen-bond donors (Lipinski definition) is 7. The molecule has 6 atom stereocenters. The summed E-state index contributed by atoms with van der Waals surface area (Å²) in [5.74, 6) is -3.58.